The molecule has 2 aromatic rings. The highest BCUT2D eigenvalue weighted by Crippen LogP contribution is 2.15. The molecule has 0 unspecified atom stereocenters. The molecular weight excluding hydrogens is 184 g/mol. The van der Waals surface area contributed by atoms with Gasteiger partial charge in [0.1, 0.15) is 0 Å². The summed E-state index contributed by atoms with van der Waals surface area (Å²) in [6.07, 6.45) is 0. The molecule has 0 N–H and O–H groups in total. The van der Waals surface area contributed by atoms with Crippen molar-refractivity contribution >= 4 is 21.5 Å². The Morgan fingerprint density at radius 3 is 2.46 bits per heavy atom. The van der Waals surface area contributed by atoms with Crippen LogP contribution in [0.2, 0.25) is 0 Å². The lowest BCUT2D eigenvalue weighted by Gasteiger charge is -1.96. The fraction of sp³-hybridized carbons (Fsp3) is 0. The first-order valence-electron chi connectivity index (χ1n) is 3.82. The second kappa shape index (κ2) is 3.18. The topological polar surface area (TPSA) is 34.1 Å². The fourth-order valence-corrected chi connectivity index (χ4v) is 1.63. The van der Waals surface area contributed by atoms with E-state index in [1.807, 2.05) is 24.3 Å². The molecule has 2 aromatic carbocycles. The molecule has 0 bridgehead atoms. The highest BCUT2D eigenvalue weighted by Gasteiger charge is 1.96. The third-order valence-electron chi connectivity index (χ3n) is 1.86. The van der Waals surface area contributed by atoms with Crippen molar-refractivity contribution in [3.63, 3.8) is 0 Å². The van der Waals surface area contributed by atoms with Gasteiger partial charge in [-0.3, -0.25) is 0 Å². The van der Waals surface area contributed by atoms with Crippen LogP contribution in [-0.2, 0) is 10.7 Å². The van der Waals surface area contributed by atoms with E-state index in [-0.39, 0.29) is 4.90 Å². The second-order valence-corrected chi connectivity index (χ2v) is 3.70. The zero-order chi connectivity index (χ0) is 9.26. The first-order valence-corrected chi connectivity index (χ1v) is 5.00. The van der Waals surface area contributed by atoms with E-state index >= 15 is 0 Å². The zero-order valence-electron chi connectivity index (χ0n) is 6.73. The molecular formula is C10H7O2S. The molecule has 0 aliphatic heterocycles. The Balaban J connectivity index is 2.76. The Hall–Kier alpha value is -1.35. The van der Waals surface area contributed by atoms with E-state index < -0.39 is 10.7 Å². The predicted molar refractivity (Wildman–Crippen MR) is 51.4 cm³/mol. The van der Waals surface area contributed by atoms with Crippen molar-refractivity contribution in [3.8, 4) is 0 Å². The van der Waals surface area contributed by atoms with Gasteiger partial charge >= 0.3 is 0 Å². The van der Waals surface area contributed by atoms with Gasteiger partial charge in [-0.05, 0) is 22.9 Å². The van der Waals surface area contributed by atoms with Crippen LogP contribution in [0, 0.1) is 6.07 Å². The molecule has 1 radical (unpaired) electrons. The molecule has 0 saturated carbocycles. The molecule has 0 aliphatic carbocycles. The van der Waals surface area contributed by atoms with Gasteiger partial charge in [0.05, 0.1) is 4.90 Å². The summed E-state index contributed by atoms with van der Waals surface area (Å²) >= 11 is 0. The molecule has 3 heteroatoms. The van der Waals surface area contributed by atoms with Crippen molar-refractivity contribution in [2.45, 2.75) is 4.90 Å². The molecule has 2 nitrogen and oxygen atoms in total. The number of benzene rings is 2. The number of hydrogen-bond acceptors (Lipinski definition) is 2. The highest BCUT2D eigenvalue weighted by atomic mass is 32.2. The fourth-order valence-electron chi connectivity index (χ4n) is 1.22. The van der Waals surface area contributed by atoms with Gasteiger partial charge in [0.2, 0.25) is 0 Å². The van der Waals surface area contributed by atoms with E-state index in [9.17, 15) is 8.42 Å². The summed E-state index contributed by atoms with van der Waals surface area (Å²) in [5.74, 6) is 0. The lowest BCUT2D eigenvalue weighted by atomic mass is 10.1. The van der Waals surface area contributed by atoms with Gasteiger partial charge < -0.3 is 0 Å². The Bertz CT molecular complexity index is 507. The molecule has 0 aromatic heterocycles. The van der Waals surface area contributed by atoms with Gasteiger partial charge in [-0.15, -0.1) is 0 Å². The third-order valence-corrected chi connectivity index (χ3v) is 2.51. The molecule has 0 aliphatic rings. The van der Waals surface area contributed by atoms with Crippen molar-refractivity contribution < 1.29 is 8.42 Å². The summed E-state index contributed by atoms with van der Waals surface area (Å²) < 4.78 is 21.3. The summed E-state index contributed by atoms with van der Waals surface area (Å²) in [5, 5.41) is 1.93. The quantitative estimate of drug-likeness (QED) is 0.695. The smallest absolute Gasteiger partial charge is 0.168 e. The average Bonchev–Trinajstić information content (AvgIpc) is 2.17. The summed E-state index contributed by atoms with van der Waals surface area (Å²) in [4.78, 5) is 0.244. The lowest BCUT2D eigenvalue weighted by Crippen LogP contribution is -1.80. The van der Waals surface area contributed by atoms with Crippen LogP contribution in [0.1, 0.15) is 0 Å². The average molecular weight is 191 g/mol. The number of fused-ring (bicyclic) bond motifs is 1. The Labute approximate surface area is 77.8 Å². The molecule has 0 amide bonds. The van der Waals surface area contributed by atoms with Crippen LogP contribution in [0.25, 0.3) is 10.8 Å². The molecule has 13 heavy (non-hydrogen) atoms. The maximum atomic E-state index is 10.7. The monoisotopic (exact) mass is 191 g/mol. The standard InChI is InChI=1S/C10H7O2S/c11-13(12)10-6-5-8-3-1-2-4-9(8)7-10/h1-5,7,13H. The summed E-state index contributed by atoms with van der Waals surface area (Å²) in [6, 6.07) is 13.6. The van der Waals surface area contributed by atoms with Crippen LogP contribution in [0.3, 0.4) is 0 Å². The van der Waals surface area contributed by atoms with E-state index in [1.54, 1.807) is 12.1 Å². The van der Waals surface area contributed by atoms with E-state index in [2.05, 4.69) is 6.07 Å². The largest absolute Gasteiger partial charge is 0.227 e. The zero-order valence-corrected chi connectivity index (χ0v) is 7.62. The van der Waals surface area contributed by atoms with Crippen LogP contribution < -0.4 is 0 Å². The van der Waals surface area contributed by atoms with Crippen LogP contribution in [0.5, 0.6) is 0 Å². The summed E-state index contributed by atoms with van der Waals surface area (Å²) in [7, 11) is -2.52. The van der Waals surface area contributed by atoms with Crippen LogP contribution in [0.15, 0.2) is 41.3 Å². The van der Waals surface area contributed by atoms with Gasteiger partial charge in [0, 0.05) is 6.07 Å². The minimum absolute atomic E-state index is 0.244. The number of hydrogen-bond donors (Lipinski definition) is 1. The molecule has 2 rings (SSSR count). The van der Waals surface area contributed by atoms with Gasteiger partial charge in [-0.1, -0.05) is 24.3 Å². The summed E-state index contributed by atoms with van der Waals surface area (Å²) in [6.45, 7) is 0. The van der Waals surface area contributed by atoms with Crippen molar-refractivity contribution in [3.05, 3.63) is 42.5 Å². The normalized spacial score (nSPS) is 10.8. The van der Waals surface area contributed by atoms with E-state index in [1.165, 1.54) is 0 Å². The lowest BCUT2D eigenvalue weighted by molar-refractivity contribution is 0.614. The van der Waals surface area contributed by atoms with E-state index in [0.29, 0.717) is 0 Å². The Morgan fingerprint density at radius 2 is 1.77 bits per heavy atom. The van der Waals surface area contributed by atoms with Crippen LogP contribution in [0.4, 0.5) is 0 Å². The maximum absolute atomic E-state index is 10.7. The Morgan fingerprint density at radius 1 is 1.08 bits per heavy atom. The van der Waals surface area contributed by atoms with E-state index in [0.717, 1.165) is 10.8 Å². The van der Waals surface area contributed by atoms with Gasteiger partial charge in [-0.2, -0.15) is 0 Å². The first-order chi connectivity index (χ1) is 6.27. The highest BCUT2D eigenvalue weighted by molar-refractivity contribution is 7.72. The van der Waals surface area contributed by atoms with Gasteiger partial charge in [0.15, 0.2) is 10.7 Å². The maximum Gasteiger partial charge on any atom is 0.168 e. The SMILES string of the molecule is O=[SH](=O)c1[c]cc2ccccc2c1. The minimum Gasteiger partial charge on any atom is -0.227 e. The number of rotatable bonds is 1. The molecule has 65 valence electrons. The predicted octanol–water partition coefficient (Wildman–Crippen LogP) is 1.61. The summed E-state index contributed by atoms with van der Waals surface area (Å²) in [5.41, 5.74) is 0. The third kappa shape index (κ3) is 1.55. The second-order valence-electron chi connectivity index (χ2n) is 2.70. The molecule has 0 fully saturated rings. The van der Waals surface area contributed by atoms with Crippen LogP contribution >= 0.6 is 0 Å². The molecule has 0 spiro atoms. The first kappa shape index (κ1) is 8.26. The molecule has 0 saturated heterocycles. The van der Waals surface area contributed by atoms with Gasteiger partial charge in [0.25, 0.3) is 0 Å². The van der Waals surface area contributed by atoms with Crippen molar-refractivity contribution in [2.24, 2.45) is 0 Å². The molecule has 0 heterocycles. The van der Waals surface area contributed by atoms with Crippen molar-refractivity contribution in [2.75, 3.05) is 0 Å². The van der Waals surface area contributed by atoms with E-state index in [4.69, 9.17) is 0 Å². The minimum atomic E-state index is -2.52. The van der Waals surface area contributed by atoms with Crippen molar-refractivity contribution in [1.82, 2.24) is 0 Å². The van der Waals surface area contributed by atoms with Gasteiger partial charge in [-0.25, -0.2) is 8.42 Å². The number of thiol groups is 1. The van der Waals surface area contributed by atoms with Crippen LogP contribution in [-0.4, -0.2) is 8.42 Å². The molecule has 0 atom stereocenters. The van der Waals surface area contributed by atoms with Crippen molar-refractivity contribution in [1.29, 1.82) is 0 Å². The Kier molecular flexibility index (Phi) is 2.02.